The topological polar surface area (TPSA) is 72.5 Å². The molecule has 110 valence electrons. The van der Waals surface area contributed by atoms with Crippen LogP contribution in [0, 0.1) is 0 Å². The molecular weight excluding hydrogens is 258 g/mol. The molecule has 0 unspecified atom stereocenters. The van der Waals surface area contributed by atoms with Gasteiger partial charge in [-0.3, -0.25) is 4.79 Å². The number of ether oxygens (including phenoxy) is 2. The number of methoxy groups -OCH3 is 1. The fraction of sp³-hybridized carbons (Fsp3) is 0.571. The molecule has 1 aromatic rings. The number of carbonyl (C=O) groups excluding carboxylic acids is 1. The Morgan fingerprint density at radius 1 is 1.50 bits per heavy atom. The van der Waals surface area contributed by atoms with Crippen LogP contribution in [-0.2, 0) is 9.47 Å². The van der Waals surface area contributed by atoms with Gasteiger partial charge in [0.15, 0.2) is 0 Å². The Morgan fingerprint density at radius 3 is 2.90 bits per heavy atom. The molecule has 1 saturated heterocycles. The van der Waals surface area contributed by atoms with Crippen LogP contribution in [0.25, 0.3) is 0 Å². The van der Waals surface area contributed by atoms with Gasteiger partial charge in [0.05, 0.1) is 11.2 Å². The molecule has 2 heterocycles. The van der Waals surface area contributed by atoms with E-state index in [4.69, 9.17) is 9.47 Å². The Balaban J connectivity index is 2.08. The lowest BCUT2D eigenvalue weighted by atomic mass is 9.94. The summed E-state index contributed by atoms with van der Waals surface area (Å²) < 4.78 is 11.0. The van der Waals surface area contributed by atoms with E-state index in [0.717, 1.165) is 12.8 Å². The molecule has 0 bridgehead atoms. The highest BCUT2D eigenvalue weighted by atomic mass is 16.5. The molecule has 6 heteroatoms. The molecule has 0 saturated carbocycles. The molecule has 1 aromatic heterocycles. The number of hydrogen-bond acceptors (Lipinski definition) is 5. The van der Waals surface area contributed by atoms with E-state index < -0.39 is 0 Å². The number of carbonyl (C=O) groups is 1. The molecule has 0 spiro atoms. The van der Waals surface area contributed by atoms with E-state index in [2.05, 4.69) is 15.6 Å². The summed E-state index contributed by atoms with van der Waals surface area (Å²) in [7, 11) is 3.32. The first-order valence-electron chi connectivity index (χ1n) is 6.75. The second-order valence-electron chi connectivity index (χ2n) is 4.83. The fourth-order valence-electron chi connectivity index (χ4n) is 2.31. The third-order valence-electron chi connectivity index (χ3n) is 3.69. The van der Waals surface area contributed by atoms with Crippen LogP contribution in [0.1, 0.15) is 23.2 Å². The zero-order valence-electron chi connectivity index (χ0n) is 11.9. The van der Waals surface area contributed by atoms with Crippen LogP contribution < -0.4 is 10.6 Å². The first kappa shape index (κ1) is 14.7. The molecule has 2 N–H and O–H groups in total. The van der Waals surface area contributed by atoms with Crippen LogP contribution in [0.15, 0.2) is 18.3 Å². The second-order valence-corrected chi connectivity index (χ2v) is 4.83. The monoisotopic (exact) mass is 279 g/mol. The van der Waals surface area contributed by atoms with Gasteiger partial charge in [0.25, 0.3) is 5.91 Å². The maximum atomic E-state index is 11.8. The molecule has 1 aliphatic rings. The van der Waals surface area contributed by atoms with Gasteiger partial charge in [-0.1, -0.05) is 0 Å². The van der Waals surface area contributed by atoms with E-state index >= 15 is 0 Å². The number of aromatic nitrogens is 1. The van der Waals surface area contributed by atoms with Crippen molar-refractivity contribution in [3.8, 4) is 0 Å². The molecule has 1 fully saturated rings. The Hall–Kier alpha value is -1.66. The van der Waals surface area contributed by atoms with E-state index in [9.17, 15) is 4.79 Å². The summed E-state index contributed by atoms with van der Waals surface area (Å²) in [6, 6.07) is 3.49. The number of nitrogens with one attached hydrogen (secondary N) is 2. The number of rotatable bonds is 5. The summed E-state index contributed by atoms with van der Waals surface area (Å²) in [6.45, 7) is 1.99. The summed E-state index contributed by atoms with van der Waals surface area (Å²) in [4.78, 5) is 16.0. The van der Waals surface area contributed by atoms with Crippen LogP contribution in [0.5, 0.6) is 0 Å². The average molecular weight is 279 g/mol. The first-order chi connectivity index (χ1) is 9.71. The van der Waals surface area contributed by atoms with E-state index in [1.807, 2.05) is 0 Å². The highest BCUT2D eigenvalue weighted by Crippen LogP contribution is 2.25. The maximum Gasteiger partial charge on any atom is 0.254 e. The van der Waals surface area contributed by atoms with Crippen molar-refractivity contribution in [2.75, 3.05) is 39.2 Å². The van der Waals surface area contributed by atoms with E-state index in [-0.39, 0.29) is 11.5 Å². The van der Waals surface area contributed by atoms with Crippen molar-refractivity contribution in [1.29, 1.82) is 0 Å². The van der Waals surface area contributed by atoms with Crippen molar-refractivity contribution in [2.24, 2.45) is 0 Å². The minimum atomic E-state index is -0.254. The van der Waals surface area contributed by atoms with Gasteiger partial charge in [-0.05, 0) is 12.1 Å². The van der Waals surface area contributed by atoms with Crippen LogP contribution in [0.4, 0.5) is 5.82 Å². The van der Waals surface area contributed by atoms with Gasteiger partial charge in [-0.25, -0.2) is 4.98 Å². The number of nitrogens with zero attached hydrogens (tertiary/aromatic N) is 1. The van der Waals surface area contributed by atoms with Crippen LogP contribution in [-0.4, -0.2) is 50.4 Å². The largest absolute Gasteiger partial charge is 0.381 e. The molecule has 1 amide bonds. The van der Waals surface area contributed by atoms with Crippen molar-refractivity contribution >= 4 is 11.7 Å². The smallest absolute Gasteiger partial charge is 0.254 e. The van der Waals surface area contributed by atoms with Crippen molar-refractivity contribution in [3.63, 3.8) is 0 Å². The zero-order valence-corrected chi connectivity index (χ0v) is 11.9. The summed E-state index contributed by atoms with van der Waals surface area (Å²) in [6.07, 6.45) is 3.33. The molecule has 0 radical (unpaired) electrons. The minimum absolute atomic E-state index is 0.154. The van der Waals surface area contributed by atoms with Crippen LogP contribution in [0.2, 0.25) is 0 Å². The fourth-order valence-corrected chi connectivity index (χ4v) is 2.31. The Morgan fingerprint density at radius 2 is 2.25 bits per heavy atom. The molecule has 1 aliphatic heterocycles. The highest BCUT2D eigenvalue weighted by molar-refractivity contribution is 5.98. The van der Waals surface area contributed by atoms with Gasteiger partial charge in [-0.2, -0.15) is 0 Å². The van der Waals surface area contributed by atoms with Gasteiger partial charge in [0.2, 0.25) is 0 Å². The summed E-state index contributed by atoms with van der Waals surface area (Å²) >= 11 is 0. The SMILES string of the molecule is CNC(=O)c1cccnc1NCC1(OC)CCOCC1. The zero-order chi connectivity index (χ0) is 14.4. The van der Waals surface area contributed by atoms with E-state index in [1.54, 1.807) is 32.5 Å². The summed E-state index contributed by atoms with van der Waals surface area (Å²) in [5.74, 6) is 0.425. The number of pyridine rings is 1. The number of anilines is 1. The van der Waals surface area contributed by atoms with Crippen molar-refractivity contribution in [2.45, 2.75) is 18.4 Å². The molecule has 0 aliphatic carbocycles. The molecule has 0 aromatic carbocycles. The van der Waals surface area contributed by atoms with E-state index in [0.29, 0.717) is 31.1 Å². The average Bonchev–Trinajstić information content (AvgIpc) is 2.53. The van der Waals surface area contributed by atoms with Gasteiger partial charge < -0.3 is 20.1 Å². The first-order valence-corrected chi connectivity index (χ1v) is 6.75. The van der Waals surface area contributed by atoms with Crippen molar-refractivity contribution in [3.05, 3.63) is 23.9 Å². The van der Waals surface area contributed by atoms with Gasteiger partial charge in [0.1, 0.15) is 5.82 Å². The molecular formula is C14H21N3O3. The number of hydrogen-bond donors (Lipinski definition) is 2. The molecule has 6 nitrogen and oxygen atoms in total. The third kappa shape index (κ3) is 3.26. The third-order valence-corrected chi connectivity index (χ3v) is 3.69. The molecule has 2 rings (SSSR count). The minimum Gasteiger partial charge on any atom is -0.381 e. The van der Waals surface area contributed by atoms with Crippen LogP contribution in [0.3, 0.4) is 0 Å². The molecule has 20 heavy (non-hydrogen) atoms. The van der Waals surface area contributed by atoms with Crippen LogP contribution >= 0.6 is 0 Å². The lowest BCUT2D eigenvalue weighted by molar-refractivity contribution is -0.0807. The van der Waals surface area contributed by atoms with Gasteiger partial charge in [0, 0.05) is 53.0 Å². The Kier molecular flexibility index (Phi) is 4.92. The standard InChI is InChI=1S/C14H21N3O3/c1-15-13(18)11-4-3-7-16-12(11)17-10-14(19-2)5-8-20-9-6-14/h3-4,7H,5-6,8-10H2,1-2H3,(H,15,18)(H,16,17). The Labute approximate surface area is 118 Å². The van der Waals surface area contributed by atoms with Crippen molar-refractivity contribution in [1.82, 2.24) is 10.3 Å². The lowest BCUT2D eigenvalue weighted by Gasteiger charge is -2.36. The van der Waals surface area contributed by atoms with E-state index in [1.165, 1.54) is 0 Å². The molecule has 0 atom stereocenters. The highest BCUT2D eigenvalue weighted by Gasteiger charge is 2.32. The predicted molar refractivity (Wildman–Crippen MR) is 75.9 cm³/mol. The van der Waals surface area contributed by atoms with Crippen molar-refractivity contribution < 1.29 is 14.3 Å². The Bertz CT molecular complexity index is 459. The summed E-state index contributed by atoms with van der Waals surface area (Å²) in [5, 5.41) is 5.85. The maximum absolute atomic E-state index is 11.8. The summed E-state index contributed by atoms with van der Waals surface area (Å²) in [5.41, 5.74) is 0.281. The lowest BCUT2D eigenvalue weighted by Crippen LogP contribution is -2.44. The quantitative estimate of drug-likeness (QED) is 0.843. The van der Waals surface area contributed by atoms with Gasteiger partial charge in [-0.15, -0.1) is 0 Å². The number of amides is 1. The normalized spacial score (nSPS) is 17.5. The predicted octanol–water partition coefficient (Wildman–Crippen LogP) is 1.05. The van der Waals surface area contributed by atoms with Gasteiger partial charge >= 0.3 is 0 Å². The second kappa shape index (κ2) is 6.67.